The van der Waals surface area contributed by atoms with Gasteiger partial charge in [0.25, 0.3) is 5.56 Å². The molecule has 2 heterocycles. The van der Waals surface area contributed by atoms with Crippen LogP contribution in [-0.4, -0.2) is 21.3 Å². The molecule has 1 aromatic carbocycles. The third-order valence-electron chi connectivity index (χ3n) is 4.01. The Balaban J connectivity index is 1.68. The number of halogens is 4. The first-order valence-electron chi connectivity index (χ1n) is 8.45. The summed E-state index contributed by atoms with van der Waals surface area (Å²) < 4.78 is 38.7. The average Bonchev–Trinajstić information content (AvgIpc) is 2.69. The van der Waals surface area contributed by atoms with Gasteiger partial charge in [-0.3, -0.25) is 4.79 Å². The Bertz CT molecular complexity index is 989. The lowest BCUT2D eigenvalue weighted by molar-refractivity contribution is -0.137. The van der Waals surface area contributed by atoms with Gasteiger partial charge in [-0.2, -0.15) is 23.0 Å². The first kappa shape index (κ1) is 19.9. The summed E-state index contributed by atoms with van der Waals surface area (Å²) in [7, 11) is 0. The van der Waals surface area contributed by atoms with Crippen LogP contribution in [0.3, 0.4) is 0 Å². The number of benzene rings is 1. The van der Waals surface area contributed by atoms with Crippen molar-refractivity contribution >= 4 is 17.3 Å². The van der Waals surface area contributed by atoms with Crippen molar-refractivity contribution in [3.63, 3.8) is 0 Å². The topological polar surface area (TPSA) is 59.8 Å². The van der Waals surface area contributed by atoms with Crippen LogP contribution in [0.2, 0.25) is 5.02 Å². The Morgan fingerprint density at radius 1 is 1.07 bits per heavy atom. The quantitative estimate of drug-likeness (QED) is 0.616. The van der Waals surface area contributed by atoms with Gasteiger partial charge in [0.2, 0.25) is 0 Å². The van der Waals surface area contributed by atoms with Crippen LogP contribution >= 0.6 is 11.6 Å². The summed E-state index contributed by atoms with van der Waals surface area (Å²) >= 11 is 6.10. The van der Waals surface area contributed by atoms with E-state index in [1.54, 1.807) is 0 Å². The van der Waals surface area contributed by atoms with Crippen molar-refractivity contribution in [1.29, 1.82) is 0 Å². The second kappa shape index (κ2) is 8.43. The number of alkyl halides is 3. The minimum absolute atomic E-state index is 0.0458. The van der Waals surface area contributed by atoms with Gasteiger partial charge in [-0.1, -0.05) is 41.9 Å². The smallest absolute Gasteiger partial charge is 0.382 e. The van der Waals surface area contributed by atoms with Gasteiger partial charge in [0.05, 0.1) is 17.4 Å². The molecule has 3 rings (SSSR count). The Morgan fingerprint density at radius 2 is 1.82 bits per heavy atom. The highest BCUT2D eigenvalue weighted by atomic mass is 35.5. The predicted molar refractivity (Wildman–Crippen MR) is 101 cm³/mol. The zero-order valence-electron chi connectivity index (χ0n) is 14.6. The molecule has 0 fully saturated rings. The largest absolute Gasteiger partial charge is 0.417 e. The average molecular weight is 409 g/mol. The van der Waals surface area contributed by atoms with Crippen molar-refractivity contribution in [1.82, 2.24) is 14.8 Å². The Hall–Kier alpha value is -2.87. The fraction of sp³-hybridized carbons (Fsp3) is 0.211. The molecule has 0 amide bonds. The van der Waals surface area contributed by atoms with Gasteiger partial charge in [0.1, 0.15) is 5.02 Å². The summed E-state index contributed by atoms with van der Waals surface area (Å²) in [5.41, 5.74) is -0.00529. The summed E-state index contributed by atoms with van der Waals surface area (Å²) in [5.74, 6) is -0.0458. The van der Waals surface area contributed by atoms with E-state index in [-0.39, 0.29) is 10.8 Å². The van der Waals surface area contributed by atoms with Crippen molar-refractivity contribution in [3.8, 4) is 5.82 Å². The second-order valence-corrected chi connectivity index (χ2v) is 6.39. The lowest BCUT2D eigenvalue weighted by Crippen LogP contribution is -2.24. The van der Waals surface area contributed by atoms with Crippen molar-refractivity contribution in [2.24, 2.45) is 0 Å². The molecule has 3 aromatic rings. The van der Waals surface area contributed by atoms with E-state index >= 15 is 0 Å². The van der Waals surface area contributed by atoms with Gasteiger partial charge < -0.3 is 5.32 Å². The number of pyridine rings is 1. The monoisotopic (exact) mass is 408 g/mol. The summed E-state index contributed by atoms with van der Waals surface area (Å²) in [6, 6.07) is 11.9. The molecule has 0 aliphatic rings. The van der Waals surface area contributed by atoms with Crippen LogP contribution in [0.1, 0.15) is 17.5 Å². The van der Waals surface area contributed by atoms with E-state index in [1.807, 2.05) is 30.3 Å². The molecule has 0 bridgehead atoms. The van der Waals surface area contributed by atoms with Crippen molar-refractivity contribution in [3.05, 3.63) is 81.4 Å². The number of nitrogens with one attached hydrogen (secondary N) is 1. The van der Waals surface area contributed by atoms with E-state index in [9.17, 15) is 18.0 Å². The number of nitrogens with zero attached hydrogens (tertiary/aromatic N) is 3. The standard InChI is InChI=1S/C19H16ClF3N4O/c20-17-15(24-10-4-7-13-5-2-1-3-6-13)12-26-27(18(17)28)16-9-8-14(11-25-16)19(21,22)23/h1-3,5-6,8-9,11-12,24H,4,7,10H2. The number of anilines is 1. The predicted octanol–water partition coefficient (Wildman–Crippen LogP) is 4.34. The van der Waals surface area contributed by atoms with Gasteiger partial charge in [-0.25, -0.2) is 4.98 Å². The molecule has 2 aromatic heterocycles. The maximum absolute atomic E-state index is 12.6. The van der Waals surface area contributed by atoms with E-state index in [2.05, 4.69) is 15.4 Å². The van der Waals surface area contributed by atoms with Crippen LogP contribution in [0.15, 0.2) is 59.7 Å². The van der Waals surface area contributed by atoms with Gasteiger partial charge >= 0.3 is 6.18 Å². The molecule has 0 saturated heterocycles. The number of hydrogen-bond donors (Lipinski definition) is 1. The fourth-order valence-corrected chi connectivity index (χ4v) is 2.75. The minimum atomic E-state index is -4.50. The lowest BCUT2D eigenvalue weighted by Gasteiger charge is -2.11. The summed E-state index contributed by atoms with van der Waals surface area (Å²) in [6.07, 6.45) is -0.816. The van der Waals surface area contributed by atoms with E-state index < -0.39 is 17.3 Å². The highest BCUT2D eigenvalue weighted by molar-refractivity contribution is 6.32. The van der Waals surface area contributed by atoms with E-state index in [0.29, 0.717) is 18.4 Å². The molecule has 1 N–H and O–H groups in total. The molecule has 0 spiro atoms. The molecular weight excluding hydrogens is 393 g/mol. The third kappa shape index (κ3) is 4.69. The van der Waals surface area contributed by atoms with Crippen LogP contribution in [0.4, 0.5) is 18.9 Å². The van der Waals surface area contributed by atoms with Gasteiger partial charge in [0, 0.05) is 12.7 Å². The molecule has 0 aliphatic carbocycles. The van der Waals surface area contributed by atoms with Crippen LogP contribution in [-0.2, 0) is 12.6 Å². The summed E-state index contributed by atoms with van der Waals surface area (Å²) in [6.45, 7) is 0.582. The Kier molecular flexibility index (Phi) is 5.99. The summed E-state index contributed by atoms with van der Waals surface area (Å²) in [4.78, 5) is 16.0. The highest BCUT2D eigenvalue weighted by Crippen LogP contribution is 2.28. The number of rotatable bonds is 6. The van der Waals surface area contributed by atoms with Crippen LogP contribution in [0.25, 0.3) is 5.82 Å². The van der Waals surface area contributed by atoms with E-state index in [4.69, 9.17) is 11.6 Å². The first-order valence-corrected chi connectivity index (χ1v) is 8.83. The zero-order valence-corrected chi connectivity index (χ0v) is 15.3. The maximum Gasteiger partial charge on any atom is 0.417 e. The molecule has 0 saturated carbocycles. The molecule has 5 nitrogen and oxygen atoms in total. The zero-order chi connectivity index (χ0) is 20.1. The fourth-order valence-electron chi connectivity index (χ4n) is 2.56. The number of aryl methyl sites for hydroxylation is 1. The van der Waals surface area contributed by atoms with E-state index in [1.165, 1.54) is 11.8 Å². The molecule has 9 heteroatoms. The van der Waals surface area contributed by atoms with Gasteiger partial charge in [0.15, 0.2) is 5.82 Å². The molecule has 146 valence electrons. The molecule has 0 atom stereocenters. The first-order chi connectivity index (χ1) is 13.4. The van der Waals surface area contributed by atoms with Crippen molar-refractivity contribution < 1.29 is 13.2 Å². The van der Waals surface area contributed by atoms with E-state index in [0.717, 1.165) is 29.7 Å². The van der Waals surface area contributed by atoms with Crippen LogP contribution in [0, 0.1) is 0 Å². The Labute approximate surface area is 163 Å². The maximum atomic E-state index is 12.6. The van der Waals surface area contributed by atoms with Crippen molar-refractivity contribution in [2.45, 2.75) is 19.0 Å². The Morgan fingerprint density at radius 3 is 2.46 bits per heavy atom. The van der Waals surface area contributed by atoms with Gasteiger partial charge in [-0.15, -0.1) is 0 Å². The molecular formula is C19H16ClF3N4O. The third-order valence-corrected chi connectivity index (χ3v) is 4.38. The number of hydrogen-bond acceptors (Lipinski definition) is 4. The minimum Gasteiger partial charge on any atom is -0.382 e. The normalized spacial score (nSPS) is 11.4. The number of aromatic nitrogens is 3. The second-order valence-electron chi connectivity index (χ2n) is 6.01. The SMILES string of the molecule is O=c1c(Cl)c(NCCCc2ccccc2)cnn1-c1ccc(C(F)(F)F)cn1. The summed E-state index contributed by atoms with van der Waals surface area (Å²) in [5, 5.41) is 6.91. The lowest BCUT2D eigenvalue weighted by atomic mass is 10.1. The van der Waals surface area contributed by atoms with Crippen LogP contribution < -0.4 is 10.9 Å². The highest BCUT2D eigenvalue weighted by Gasteiger charge is 2.30. The molecule has 0 unspecified atom stereocenters. The molecule has 0 radical (unpaired) electrons. The van der Waals surface area contributed by atoms with Crippen LogP contribution in [0.5, 0.6) is 0 Å². The molecule has 28 heavy (non-hydrogen) atoms. The van der Waals surface area contributed by atoms with Crippen molar-refractivity contribution in [2.75, 3.05) is 11.9 Å². The van der Waals surface area contributed by atoms with Gasteiger partial charge in [-0.05, 0) is 30.5 Å². The molecule has 0 aliphatic heterocycles.